The lowest BCUT2D eigenvalue weighted by atomic mass is 9.96. The van der Waals surface area contributed by atoms with Crippen LogP contribution in [0.3, 0.4) is 0 Å². The molecule has 0 N–H and O–H groups in total. The first kappa shape index (κ1) is 17.1. The maximum atomic E-state index is 12.8. The number of aromatic nitrogens is 2. The average Bonchev–Trinajstić information content (AvgIpc) is 2.59. The summed E-state index contributed by atoms with van der Waals surface area (Å²) in [5.74, 6) is -0.218. The lowest BCUT2D eigenvalue weighted by molar-refractivity contribution is -0.142. The number of benzene rings is 1. The quantitative estimate of drug-likeness (QED) is 0.836. The second-order valence-electron chi connectivity index (χ2n) is 6.54. The van der Waals surface area contributed by atoms with Gasteiger partial charge in [-0.05, 0) is 19.4 Å². The van der Waals surface area contributed by atoms with E-state index in [1.165, 1.54) is 18.6 Å². The molecule has 2 amide bonds. The molecule has 2 aromatic rings. The van der Waals surface area contributed by atoms with E-state index >= 15 is 0 Å². The average molecular weight is 338 g/mol. The lowest BCUT2D eigenvalue weighted by Crippen LogP contribution is -2.57. The molecule has 6 heteroatoms. The van der Waals surface area contributed by atoms with E-state index in [-0.39, 0.29) is 23.8 Å². The van der Waals surface area contributed by atoms with Crippen LogP contribution in [0.25, 0.3) is 0 Å². The Labute approximate surface area is 147 Å². The molecule has 0 unspecified atom stereocenters. The second kappa shape index (κ2) is 7.42. The monoisotopic (exact) mass is 338 g/mol. The number of carbonyl (C=O) groups is 2. The largest absolute Gasteiger partial charge is 0.336 e. The number of carbonyl (C=O) groups excluding carboxylic acids is 2. The predicted molar refractivity (Wildman–Crippen MR) is 93.6 cm³/mol. The molecule has 0 saturated carbocycles. The molecule has 1 aromatic carbocycles. The summed E-state index contributed by atoms with van der Waals surface area (Å²) in [6.45, 7) is 5.49. The minimum absolute atomic E-state index is 0.0991. The van der Waals surface area contributed by atoms with Gasteiger partial charge in [0.15, 0.2) is 0 Å². The smallest absolute Gasteiger partial charge is 0.274 e. The highest BCUT2D eigenvalue weighted by atomic mass is 16.2. The van der Waals surface area contributed by atoms with Gasteiger partial charge in [0.2, 0.25) is 5.91 Å². The molecule has 2 heterocycles. The summed E-state index contributed by atoms with van der Waals surface area (Å²) >= 11 is 0. The van der Waals surface area contributed by atoms with Crippen LogP contribution in [0.2, 0.25) is 0 Å². The molecule has 0 aliphatic carbocycles. The van der Waals surface area contributed by atoms with E-state index in [2.05, 4.69) is 9.97 Å². The van der Waals surface area contributed by atoms with Crippen LogP contribution in [-0.4, -0.2) is 50.7 Å². The molecular formula is C19H22N4O2. The Morgan fingerprint density at radius 3 is 2.52 bits per heavy atom. The van der Waals surface area contributed by atoms with Gasteiger partial charge >= 0.3 is 0 Å². The lowest BCUT2D eigenvalue weighted by Gasteiger charge is -2.41. The van der Waals surface area contributed by atoms with Gasteiger partial charge in [-0.1, -0.05) is 30.3 Å². The molecule has 0 atom stereocenters. The summed E-state index contributed by atoms with van der Waals surface area (Å²) in [4.78, 5) is 36.6. The molecule has 1 aliphatic rings. The Morgan fingerprint density at radius 2 is 1.92 bits per heavy atom. The van der Waals surface area contributed by atoms with E-state index in [0.717, 1.165) is 5.56 Å². The van der Waals surface area contributed by atoms with Crippen LogP contribution in [0.15, 0.2) is 48.9 Å². The van der Waals surface area contributed by atoms with Gasteiger partial charge in [-0.15, -0.1) is 0 Å². The third kappa shape index (κ3) is 3.84. The van der Waals surface area contributed by atoms with E-state index < -0.39 is 0 Å². The van der Waals surface area contributed by atoms with Crippen molar-refractivity contribution in [1.29, 1.82) is 0 Å². The van der Waals surface area contributed by atoms with Crippen molar-refractivity contribution in [1.82, 2.24) is 19.8 Å². The first-order valence-electron chi connectivity index (χ1n) is 8.46. The fraction of sp³-hybridized carbons (Fsp3) is 0.368. The maximum Gasteiger partial charge on any atom is 0.274 e. The van der Waals surface area contributed by atoms with Crippen LogP contribution in [0.5, 0.6) is 0 Å². The van der Waals surface area contributed by atoms with Gasteiger partial charge in [0, 0.05) is 38.1 Å². The van der Waals surface area contributed by atoms with Crippen molar-refractivity contribution in [2.24, 2.45) is 5.92 Å². The zero-order valence-corrected chi connectivity index (χ0v) is 14.5. The summed E-state index contributed by atoms with van der Waals surface area (Å²) in [6, 6.07) is 10.1. The Hall–Kier alpha value is -2.76. The van der Waals surface area contributed by atoms with Crippen molar-refractivity contribution in [3.63, 3.8) is 0 Å². The molecule has 0 bridgehead atoms. The van der Waals surface area contributed by atoms with Crippen LogP contribution in [0.4, 0.5) is 0 Å². The Morgan fingerprint density at radius 1 is 1.20 bits per heavy atom. The third-order valence-corrected chi connectivity index (χ3v) is 4.40. The van der Waals surface area contributed by atoms with Crippen LogP contribution in [0.1, 0.15) is 29.9 Å². The molecule has 25 heavy (non-hydrogen) atoms. The van der Waals surface area contributed by atoms with Gasteiger partial charge in [0.05, 0.1) is 12.1 Å². The number of likely N-dealkylation sites (tertiary alicyclic amines) is 1. The molecule has 1 aromatic heterocycles. The Kier molecular flexibility index (Phi) is 5.07. The van der Waals surface area contributed by atoms with Crippen molar-refractivity contribution in [2.45, 2.75) is 26.4 Å². The van der Waals surface area contributed by atoms with Gasteiger partial charge in [0.1, 0.15) is 5.69 Å². The van der Waals surface area contributed by atoms with E-state index in [0.29, 0.717) is 25.3 Å². The van der Waals surface area contributed by atoms with Crippen LogP contribution >= 0.6 is 0 Å². The Balaban J connectivity index is 1.60. The molecular weight excluding hydrogens is 316 g/mol. The third-order valence-electron chi connectivity index (χ3n) is 4.40. The highest BCUT2D eigenvalue weighted by molar-refractivity contribution is 5.94. The number of nitrogens with zero attached hydrogens (tertiary/aromatic N) is 4. The fourth-order valence-electron chi connectivity index (χ4n) is 2.90. The van der Waals surface area contributed by atoms with Crippen molar-refractivity contribution in [3.8, 4) is 0 Å². The van der Waals surface area contributed by atoms with Gasteiger partial charge in [0.25, 0.3) is 5.91 Å². The number of rotatable bonds is 5. The molecule has 3 rings (SSSR count). The maximum absolute atomic E-state index is 12.8. The molecule has 1 saturated heterocycles. The number of hydrogen-bond acceptors (Lipinski definition) is 4. The van der Waals surface area contributed by atoms with E-state index in [1.807, 2.05) is 49.1 Å². The number of hydrogen-bond donors (Lipinski definition) is 0. The first-order valence-corrected chi connectivity index (χ1v) is 8.46. The van der Waals surface area contributed by atoms with Gasteiger partial charge in [-0.25, -0.2) is 4.98 Å². The summed E-state index contributed by atoms with van der Waals surface area (Å²) < 4.78 is 0. The number of amides is 2. The standard InChI is InChI=1S/C19H22N4O2/c1-14(2)23(11-15-6-4-3-5-7-15)18(24)16-12-22(13-16)19(25)17-10-20-8-9-21-17/h3-10,14,16H,11-13H2,1-2H3. The summed E-state index contributed by atoms with van der Waals surface area (Å²) in [6.07, 6.45) is 4.48. The molecule has 130 valence electrons. The van der Waals surface area contributed by atoms with Gasteiger partial charge < -0.3 is 9.80 Å². The highest BCUT2D eigenvalue weighted by Gasteiger charge is 2.39. The second-order valence-corrected chi connectivity index (χ2v) is 6.54. The minimum atomic E-state index is -0.170. The SMILES string of the molecule is CC(C)N(Cc1ccccc1)C(=O)C1CN(C(=O)c2cnccn2)C1. The topological polar surface area (TPSA) is 66.4 Å². The predicted octanol–water partition coefficient (Wildman–Crippen LogP) is 1.99. The molecule has 6 nitrogen and oxygen atoms in total. The highest BCUT2D eigenvalue weighted by Crippen LogP contribution is 2.22. The van der Waals surface area contributed by atoms with Crippen LogP contribution in [-0.2, 0) is 11.3 Å². The van der Waals surface area contributed by atoms with Gasteiger partial charge in [-0.2, -0.15) is 0 Å². The molecule has 0 spiro atoms. The molecule has 1 aliphatic heterocycles. The zero-order valence-electron chi connectivity index (χ0n) is 14.5. The summed E-state index contributed by atoms with van der Waals surface area (Å²) in [7, 11) is 0. The summed E-state index contributed by atoms with van der Waals surface area (Å²) in [5.41, 5.74) is 1.43. The molecule has 0 radical (unpaired) electrons. The summed E-state index contributed by atoms with van der Waals surface area (Å²) in [5, 5.41) is 0. The van der Waals surface area contributed by atoms with Crippen molar-refractivity contribution in [2.75, 3.05) is 13.1 Å². The Bertz CT molecular complexity index is 728. The van der Waals surface area contributed by atoms with Crippen LogP contribution in [0, 0.1) is 5.92 Å². The van der Waals surface area contributed by atoms with Crippen LogP contribution < -0.4 is 0 Å². The first-order chi connectivity index (χ1) is 12.1. The van der Waals surface area contributed by atoms with Gasteiger partial charge in [-0.3, -0.25) is 14.6 Å². The minimum Gasteiger partial charge on any atom is -0.336 e. The molecule has 1 fully saturated rings. The normalized spacial score (nSPS) is 14.3. The fourth-order valence-corrected chi connectivity index (χ4v) is 2.90. The zero-order chi connectivity index (χ0) is 17.8. The van der Waals surface area contributed by atoms with E-state index in [4.69, 9.17) is 0 Å². The van der Waals surface area contributed by atoms with Crippen molar-refractivity contribution < 1.29 is 9.59 Å². The van der Waals surface area contributed by atoms with Crippen molar-refractivity contribution >= 4 is 11.8 Å². The van der Waals surface area contributed by atoms with E-state index in [9.17, 15) is 9.59 Å². The van der Waals surface area contributed by atoms with E-state index in [1.54, 1.807) is 4.90 Å². The van der Waals surface area contributed by atoms with Crippen molar-refractivity contribution in [3.05, 3.63) is 60.2 Å².